The number of thiophene rings is 1. The van der Waals surface area contributed by atoms with Gasteiger partial charge in [-0.15, -0.1) is 24.0 Å². The number of hydrogen-bond donors (Lipinski definition) is 1. The van der Waals surface area contributed by atoms with Crippen molar-refractivity contribution in [2.24, 2.45) is 0 Å². The lowest BCUT2D eigenvalue weighted by atomic mass is 10.3. The summed E-state index contributed by atoms with van der Waals surface area (Å²) in [5.74, 6) is 0.185. The number of hydrogen-bond acceptors (Lipinski definition) is 3. The van der Waals surface area contributed by atoms with E-state index >= 15 is 0 Å². The highest BCUT2D eigenvalue weighted by molar-refractivity contribution is 7.80. The highest BCUT2D eigenvalue weighted by Crippen LogP contribution is 2.30. The first-order valence-corrected chi connectivity index (χ1v) is 6.63. The fraction of sp³-hybridized carbons (Fsp3) is 0.545. The fourth-order valence-corrected chi connectivity index (χ4v) is 2.76. The van der Waals surface area contributed by atoms with E-state index in [1.807, 2.05) is 16.3 Å². The van der Waals surface area contributed by atoms with Crippen molar-refractivity contribution in [3.63, 3.8) is 0 Å². The molecule has 0 bridgehead atoms. The van der Waals surface area contributed by atoms with Crippen LogP contribution in [0.25, 0.3) is 0 Å². The Kier molecular flexibility index (Phi) is 3.36. The third-order valence-corrected chi connectivity index (χ3v) is 3.86. The molecule has 0 spiro atoms. The predicted octanol–water partition coefficient (Wildman–Crippen LogP) is 3.05. The third kappa shape index (κ3) is 2.55. The maximum atomic E-state index is 12.1. The molecule has 4 heteroatoms. The first-order chi connectivity index (χ1) is 7.22. The summed E-state index contributed by atoms with van der Waals surface area (Å²) < 4.78 is 0. The van der Waals surface area contributed by atoms with Crippen LogP contribution in [-0.2, 0) is 0 Å². The van der Waals surface area contributed by atoms with Crippen LogP contribution in [0.5, 0.6) is 0 Å². The quantitative estimate of drug-likeness (QED) is 0.803. The van der Waals surface area contributed by atoms with E-state index < -0.39 is 0 Å². The summed E-state index contributed by atoms with van der Waals surface area (Å²) in [6, 6.07) is 2.36. The summed E-state index contributed by atoms with van der Waals surface area (Å²) in [5, 5.41) is 1.91. The van der Waals surface area contributed by atoms with Crippen LogP contribution in [0.15, 0.2) is 16.3 Å². The lowest BCUT2D eigenvalue weighted by Gasteiger charge is -2.20. The van der Waals surface area contributed by atoms with Crippen LogP contribution in [0.2, 0.25) is 0 Å². The average molecular weight is 241 g/mol. The maximum absolute atomic E-state index is 12.1. The molecule has 0 aliphatic heterocycles. The first-order valence-electron chi connectivity index (χ1n) is 5.31. The number of amides is 1. The van der Waals surface area contributed by atoms with Gasteiger partial charge in [0.1, 0.15) is 0 Å². The molecule has 2 rings (SSSR count). The van der Waals surface area contributed by atoms with Gasteiger partial charge in [-0.1, -0.05) is 6.92 Å². The Morgan fingerprint density at radius 2 is 2.40 bits per heavy atom. The highest BCUT2D eigenvalue weighted by Gasteiger charge is 2.32. The highest BCUT2D eigenvalue weighted by atomic mass is 32.1. The first kappa shape index (κ1) is 11.0. The van der Waals surface area contributed by atoms with E-state index in [1.165, 1.54) is 24.2 Å². The molecule has 1 aromatic heterocycles. The summed E-state index contributed by atoms with van der Waals surface area (Å²) in [7, 11) is 0. The zero-order chi connectivity index (χ0) is 10.8. The van der Waals surface area contributed by atoms with Crippen LogP contribution in [0.4, 0.5) is 0 Å². The van der Waals surface area contributed by atoms with E-state index in [9.17, 15) is 4.79 Å². The zero-order valence-corrected chi connectivity index (χ0v) is 10.5. The van der Waals surface area contributed by atoms with Gasteiger partial charge in [0.25, 0.3) is 5.91 Å². The van der Waals surface area contributed by atoms with Crippen LogP contribution < -0.4 is 0 Å². The van der Waals surface area contributed by atoms with Crippen molar-refractivity contribution in [2.75, 3.05) is 6.54 Å². The normalized spacial score (nSPS) is 15.3. The van der Waals surface area contributed by atoms with Crippen molar-refractivity contribution in [2.45, 2.75) is 37.1 Å². The van der Waals surface area contributed by atoms with Crippen molar-refractivity contribution in [1.82, 2.24) is 4.90 Å². The minimum atomic E-state index is 0.185. The maximum Gasteiger partial charge on any atom is 0.264 e. The van der Waals surface area contributed by atoms with Crippen molar-refractivity contribution < 1.29 is 4.79 Å². The minimum absolute atomic E-state index is 0.185. The van der Waals surface area contributed by atoms with Crippen LogP contribution >= 0.6 is 24.0 Å². The molecule has 0 radical (unpaired) electrons. The van der Waals surface area contributed by atoms with Gasteiger partial charge in [0, 0.05) is 22.9 Å². The van der Waals surface area contributed by atoms with E-state index in [-0.39, 0.29) is 5.91 Å². The van der Waals surface area contributed by atoms with Gasteiger partial charge in [-0.05, 0) is 25.3 Å². The molecule has 15 heavy (non-hydrogen) atoms. The molecule has 0 atom stereocenters. The molecule has 1 aliphatic carbocycles. The summed E-state index contributed by atoms with van der Waals surface area (Å²) in [4.78, 5) is 15.8. The van der Waals surface area contributed by atoms with Gasteiger partial charge in [0.15, 0.2) is 0 Å². The topological polar surface area (TPSA) is 20.3 Å². The van der Waals surface area contributed by atoms with Gasteiger partial charge >= 0.3 is 0 Å². The molecule has 1 fully saturated rings. The number of carbonyl (C=O) groups excluding carboxylic acids is 1. The van der Waals surface area contributed by atoms with E-state index in [0.29, 0.717) is 6.04 Å². The Morgan fingerprint density at radius 3 is 2.87 bits per heavy atom. The lowest BCUT2D eigenvalue weighted by Crippen LogP contribution is -2.33. The van der Waals surface area contributed by atoms with Gasteiger partial charge < -0.3 is 4.90 Å². The molecular weight excluding hydrogens is 226 g/mol. The molecule has 2 nitrogen and oxygen atoms in total. The second-order valence-electron chi connectivity index (χ2n) is 3.90. The van der Waals surface area contributed by atoms with Crippen LogP contribution in [-0.4, -0.2) is 23.4 Å². The van der Waals surface area contributed by atoms with E-state index in [0.717, 1.165) is 22.7 Å². The van der Waals surface area contributed by atoms with Crippen molar-refractivity contribution in [1.29, 1.82) is 0 Å². The average Bonchev–Trinajstić information content (AvgIpc) is 2.96. The molecule has 0 saturated heterocycles. The Balaban J connectivity index is 2.10. The van der Waals surface area contributed by atoms with Gasteiger partial charge in [-0.2, -0.15) is 0 Å². The van der Waals surface area contributed by atoms with Crippen LogP contribution in [0.1, 0.15) is 35.9 Å². The predicted molar refractivity (Wildman–Crippen MR) is 65.9 cm³/mol. The Morgan fingerprint density at radius 1 is 1.67 bits per heavy atom. The van der Waals surface area contributed by atoms with Gasteiger partial charge in [0.05, 0.1) is 4.88 Å². The van der Waals surface area contributed by atoms with Crippen molar-refractivity contribution in [3.8, 4) is 0 Å². The standard InChI is InChI=1S/C11H15NOS2/c1-2-5-12(8-3-4-8)11(13)10-6-9(14)7-15-10/h6-8,14H,2-5H2,1H3. The number of rotatable bonds is 4. The van der Waals surface area contributed by atoms with E-state index in [2.05, 4.69) is 19.6 Å². The Bertz CT molecular complexity index is 357. The van der Waals surface area contributed by atoms with E-state index in [4.69, 9.17) is 0 Å². The van der Waals surface area contributed by atoms with Gasteiger partial charge in [-0.3, -0.25) is 4.79 Å². The minimum Gasteiger partial charge on any atom is -0.335 e. The lowest BCUT2D eigenvalue weighted by molar-refractivity contribution is 0.0748. The number of carbonyl (C=O) groups is 1. The number of nitrogens with zero attached hydrogens (tertiary/aromatic N) is 1. The Hall–Kier alpha value is -0.480. The molecule has 0 N–H and O–H groups in total. The van der Waals surface area contributed by atoms with Crippen LogP contribution in [0, 0.1) is 0 Å². The Labute approximate surface area is 99.7 Å². The SMILES string of the molecule is CCCN(C(=O)c1cc(S)cs1)C1CC1. The van der Waals surface area contributed by atoms with Crippen molar-refractivity contribution >= 4 is 29.9 Å². The molecule has 1 amide bonds. The summed E-state index contributed by atoms with van der Waals surface area (Å²) in [6.07, 6.45) is 3.37. The largest absolute Gasteiger partial charge is 0.335 e. The second kappa shape index (κ2) is 4.58. The number of thiol groups is 1. The summed E-state index contributed by atoms with van der Waals surface area (Å²) in [5.41, 5.74) is 0. The molecule has 1 aromatic rings. The zero-order valence-electron chi connectivity index (χ0n) is 8.77. The molecule has 1 heterocycles. The summed E-state index contributed by atoms with van der Waals surface area (Å²) in [6.45, 7) is 2.99. The van der Waals surface area contributed by atoms with E-state index in [1.54, 1.807) is 0 Å². The molecule has 82 valence electrons. The molecule has 0 aromatic carbocycles. The fourth-order valence-electron chi connectivity index (χ4n) is 1.66. The molecular formula is C11H15NOS2. The van der Waals surface area contributed by atoms with Gasteiger partial charge in [0.2, 0.25) is 0 Å². The third-order valence-electron chi connectivity index (χ3n) is 2.51. The smallest absolute Gasteiger partial charge is 0.264 e. The molecule has 1 aliphatic rings. The molecule has 1 saturated carbocycles. The van der Waals surface area contributed by atoms with Crippen molar-refractivity contribution in [3.05, 3.63) is 16.3 Å². The van der Waals surface area contributed by atoms with Gasteiger partial charge in [-0.25, -0.2) is 0 Å². The second-order valence-corrected chi connectivity index (χ2v) is 5.33. The van der Waals surface area contributed by atoms with Crippen LogP contribution in [0.3, 0.4) is 0 Å². The molecule has 0 unspecified atom stereocenters. The summed E-state index contributed by atoms with van der Waals surface area (Å²) >= 11 is 5.72. The monoisotopic (exact) mass is 241 g/mol.